The minimum Gasteiger partial charge on any atom is -0.491 e. The Morgan fingerprint density at radius 2 is 2.00 bits per heavy atom. The third-order valence-electron chi connectivity index (χ3n) is 4.35. The fourth-order valence-electron chi connectivity index (χ4n) is 2.94. The number of hydrogen-bond donors (Lipinski definition) is 2. The molecular weight excluding hydrogens is 321 g/mol. The molecule has 1 fully saturated rings. The van der Waals surface area contributed by atoms with Gasteiger partial charge < -0.3 is 20.1 Å². The first kappa shape index (κ1) is 19.0. The van der Waals surface area contributed by atoms with Crippen LogP contribution in [0.4, 0.5) is 13.2 Å². The van der Waals surface area contributed by atoms with Gasteiger partial charge in [0.25, 0.3) is 0 Å². The van der Waals surface area contributed by atoms with Crippen molar-refractivity contribution in [3.8, 4) is 5.75 Å². The molecule has 4 nitrogen and oxygen atoms in total. The number of benzene rings is 1. The first-order chi connectivity index (χ1) is 11.3. The second-order valence-electron chi connectivity index (χ2n) is 6.53. The van der Waals surface area contributed by atoms with Crippen LogP contribution in [0.1, 0.15) is 18.9 Å². The number of likely N-dealkylation sites (tertiary alicyclic amines) is 1. The van der Waals surface area contributed by atoms with Crippen LogP contribution in [0.15, 0.2) is 24.3 Å². The van der Waals surface area contributed by atoms with E-state index < -0.39 is 17.8 Å². The zero-order chi connectivity index (χ0) is 17.7. The molecule has 3 unspecified atom stereocenters. The average Bonchev–Trinajstić information content (AvgIpc) is 2.51. The fraction of sp³-hybridized carbons (Fsp3) is 0.647. The summed E-state index contributed by atoms with van der Waals surface area (Å²) in [5, 5.41) is 13.3. The van der Waals surface area contributed by atoms with Gasteiger partial charge in [-0.3, -0.25) is 0 Å². The second kappa shape index (κ2) is 8.18. The zero-order valence-corrected chi connectivity index (χ0v) is 14.0. The van der Waals surface area contributed by atoms with Crippen LogP contribution in [0.25, 0.3) is 0 Å². The van der Waals surface area contributed by atoms with Gasteiger partial charge in [0.15, 0.2) is 0 Å². The van der Waals surface area contributed by atoms with Crippen molar-refractivity contribution in [3.63, 3.8) is 0 Å². The molecule has 1 aliphatic heterocycles. The van der Waals surface area contributed by atoms with E-state index in [0.717, 1.165) is 31.6 Å². The lowest BCUT2D eigenvalue weighted by atomic mass is 9.94. The first-order valence-corrected chi connectivity index (χ1v) is 8.15. The van der Waals surface area contributed by atoms with Crippen molar-refractivity contribution in [2.45, 2.75) is 31.7 Å². The number of ether oxygens (including phenoxy) is 1. The van der Waals surface area contributed by atoms with E-state index >= 15 is 0 Å². The largest absolute Gasteiger partial charge is 0.491 e. The molecule has 1 aromatic rings. The average molecular weight is 346 g/mol. The van der Waals surface area contributed by atoms with Gasteiger partial charge in [-0.2, -0.15) is 13.2 Å². The van der Waals surface area contributed by atoms with Gasteiger partial charge in [0.1, 0.15) is 18.5 Å². The maximum absolute atomic E-state index is 12.5. The molecular formula is C17H25F3N2O2. The molecule has 1 heterocycles. The summed E-state index contributed by atoms with van der Waals surface area (Å²) < 4.78 is 42.8. The number of nitrogens with zero attached hydrogens (tertiary/aromatic N) is 1. The lowest BCUT2D eigenvalue weighted by Crippen LogP contribution is -2.49. The second-order valence-corrected chi connectivity index (χ2v) is 6.53. The predicted octanol–water partition coefficient (Wildman–Crippen LogP) is 2.37. The van der Waals surface area contributed by atoms with Crippen LogP contribution in [0.5, 0.6) is 5.75 Å². The van der Waals surface area contributed by atoms with Gasteiger partial charge >= 0.3 is 6.18 Å². The van der Waals surface area contributed by atoms with Crippen LogP contribution in [0, 0.1) is 5.92 Å². The lowest BCUT2D eigenvalue weighted by Gasteiger charge is -2.35. The van der Waals surface area contributed by atoms with Crippen molar-refractivity contribution >= 4 is 0 Å². The van der Waals surface area contributed by atoms with Crippen molar-refractivity contribution in [3.05, 3.63) is 29.8 Å². The molecule has 0 spiro atoms. The predicted molar refractivity (Wildman–Crippen MR) is 86.0 cm³/mol. The van der Waals surface area contributed by atoms with Crippen LogP contribution >= 0.6 is 0 Å². The molecule has 1 aliphatic rings. The van der Waals surface area contributed by atoms with E-state index in [1.807, 2.05) is 0 Å². The topological polar surface area (TPSA) is 44.7 Å². The lowest BCUT2D eigenvalue weighted by molar-refractivity contribution is -0.137. The summed E-state index contributed by atoms with van der Waals surface area (Å²) in [5.41, 5.74) is -0.715. The Bertz CT molecular complexity index is 508. The molecule has 0 aliphatic carbocycles. The highest BCUT2D eigenvalue weighted by molar-refractivity contribution is 5.28. The highest BCUT2D eigenvalue weighted by atomic mass is 19.4. The summed E-state index contributed by atoms with van der Waals surface area (Å²) in [6, 6.07) is 4.84. The smallest absolute Gasteiger partial charge is 0.416 e. The van der Waals surface area contributed by atoms with Crippen LogP contribution in [-0.4, -0.2) is 55.4 Å². The number of rotatable bonds is 6. The molecule has 1 aromatic carbocycles. The van der Waals surface area contributed by atoms with Crippen molar-refractivity contribution in [1.82, 2.24) is 10.2 Å². The van der Waals surface area contributed by atoms with E-state index in [-0.39, 0.29) is 6.61 Å². The Kier molecular flexibility index (Phi) is 6.48. The van der Waals surface area contributed by atoms with Gasteiger partial charge in [-0.25, -0.2) is 0 Å². The normalized spacial score (nSPS) is 23.9. The first-order valence-electron chi connectivity index (χ1n) is 8.15. The molecule has 0 aromatic heterocycles. The molecule has 2 rings (SSSR count). The summed E-state index contributed by atoms with van der Waals surface area (Å²) in [7, 11) is 2.10. The summed E-state index contributed by atoms with van der Waals surface area (Å²) in [6.07, 6.45) is -4.03. The van der Waals surface area contributed by atoms with Crippen molar-refractivity contribution in [2.75, 3.05) is 33.3 Å². The summed E-state index contributed by atoms with van der Waals surface area (Å²) >= 11 is 0. The fourth-order valence-corrected chi connectivity index (χ4v) is 2.94. The summed E-state index contributed by atoms with van der Waals surface area (Å²) in [4.78, 5) is 2.28. The third-order valence-corrected chi connectivity index (χ3v) is 4.35. The van der Waals surface area contributed by atoms with Crippen molar-refractivity contribution < 1.29 is 23.0 Å². The number of aliphatic hydroxyl groups excluding tert-OH is 1. The Labute approximate surface area is 140 Å². The molecule has 136 valence electrons. The van der Waals surface area contributed by atoms with E-state index in [1.165, 1.54) is 12.1 Å². The van der Waals surface area contributed by atoms with Gasteiger partial charge in [0.2, 0.25) is 0 Å². The Hall–Kier alpha value is -1.31. The maximum atomic E-state index is 12.5. The van der Waals surface area contributed by atoms with Gasteiger partial charge in [0, 0.05) is 19.1 Å². The molecule has 3 atom stereocenters. The Balaban J connectivity index is 1.72. The number of halogens is 3. The number of alkyl halides is 3. The number of nitrogens with one attached hydrogen (secondary N) is 1. The number of piperidine rings is 1. The molecule has 0 bridgehead atoms. The minimum absolute atomic E-state index is 0.0410. The van der Waals surface area contributed by atoms with Crippen LogP contribution < -0.4 is 10.1 Å². The van der Waals surface area contributed by atoms with Gasteiger partial charge in [-0.1, -0.05) is 6.92 Å². The standard InChI is InChI=1S/C17H25F3N2O2/c1-12-10-22(2)8-7-16(12)21-9-14(23)11-24-15-5-3-13(4-6-15)17(18,19)20/h3-6,12,14,16,21,23H,7-11H2,1-2H3. The van der Waals surface area contributed by atoms with Crippen LogP contribution in [-0.2, 0) is 6.18 Å². The van der Waals surface area contributed by atoms with Crippen molar-refractivity contribution in [2.24, 2.45) is 5.92 Å². The molecule has 24 heavy (non-hydrogen) atoms. The minimum atomic E-state index is -4.35. The highest BCUT2D eigenvalue weighted by Crippen LogP contribution is 2.30. The third kappa shape index (κ3) is 5.65. The summed E-state index contributed by atoms with van der Waals surface area (Å²) in [5.74, 6) is 0.821. The van der Waals surface area contributed by atoms with E-state index in [2.05, 4.69) is 24.2 Å². The van der Waals surface area contributed by atoms with Crippen LogP contribution in [0.2, 0.25) is 0 Å². The van der Waals surface area contributed by atoms with Gasteiger partial charge in [-0.15, -0.1) is 0 Å². The molecule has 0 radical (unpaired) electrons. The highest BCUT2D eigenvalue weighted by Gasteiger charge is 2.30. The summed E-state index contributed by atoms with van der Waals surface area (Å²) in [6.45, 7) is 4.67. The van der Waals surface area contributed by atoms with Crippen LogP contribution in [0.3, 0.4) is 0 Å². The SMILES string of the molecule is CC1CN(C)CCC1NCC(O)COc1ccc(C(F)(F)F)cc1. The van der Waals surface area contributed by atoms with E-state index in [9.17, 15) is 18.3 Å². The van der Waals surface area contributed by atoms with E-state index in [4.69, 9.17) is 4.74 Å². The molecule has 1 saturated heterocycles. The van der Waals surface area contributed by atoms with E-state index in [1.54, 1.807) is 0 Å². The zero-order valence-electron chi connectivity index (χ0n) is 14.0. The molecule has 0 saturated carbocycles. The quantitative estimate of drug-likeness (QED) is 0.830. The van der Waals surface area contributed by atoms with Gasteiger partial charge in [-0.05, 0) is 50.2 Å². The van der Waals surface area contributed by atoms with E-state index in [0.29, 0.717) is 24.3 Å². The van der Waals surface area contributed by atoms with Gasteiger partial charge in [0.05, 0.1) is 5.56 Å². The molecule has 7 heteroatoms. The Morgan fingerprint density at radius 3 is 2.58 bits per heavy atom. The Morgan fingerprint density at radius 1 is 1.33 bits per heavy atom. The van der Waals surface area contributed by atoms with Crippen molar-refractivity contribution in [1.29, 1.82) is 0 Å². The number of hydrogen-bond acceptors (Lipinski definition) is 4. The monoisotopic (exact) mass is 346 g/mol. The molecule has 2 N–H and O–H groups in total. The number of aliphatic hydroxyl groups is 1. The molecule has 0 amide bonds. The maximum Gasteiger partial charge on any atom is 0.416 e.